The minimum absolute atomic E-state index is 0.0895. The Labute approximate surface area is 228 Å². The van der Waals surface area contributed by atoms with Gasteiger partial charge in [-0.25, -0.2) is 4.79 Å². The van der Waals surface area contributed by atoms with Crippen LogP contribution in [0.5, 0.6) is 5.75 Å². The van der Waals surface area contributed by atoms with E-state index in [1.54, 1.807) is 0 Å². The van der Waals surface area contributed by atoms with Gasteiger partial charge in [0, 0.05) is 0 Å². The van der Waals surface area contributed by atoms with E-state index in [2.05, 4.69) is 6.92 Å². The highest BCUT2D eigenvalue weighted by Gasteiger charge is 2.59. The van der Waals surface area contributed by atoms with Crippen LogP contribution in [0.25, 0.3) is 0 Å². The van der Waals surface area contributed by atoms with E-state index >= 15 is 0 Å². The number of carboxylic acid groups (broad SMARTS) is 1. The highest BCUT2D eigenvalue weighted by molar-refractivity contribution is 7.99. The molecule has 0 saturated carbocycles. The summed E-state index contributed by atoms with van der Waals surface area (Å²) in [5, 5.41) is 7.25. The van der Waals surface area contributed by atoms with Crippen molar-refractivity contribution in [1.82, 2.24) is 0 Å². The molecule has 1 aromatic carbocycles. The van der Waals surface area contributed by atoms with Gasteiger partial charge in [0.05, 0.1) is 18.8 Å². The molecule has 0 radical (unpaired) electrons. The SMILES string of the molecule is CCCOC(COC(C)CCCCCCCCSCCC(CCC)Oc1ccccc1)(C(=O)O)[P+](=O)O. The summed E-state index contributed by atoms with van der Waals surface area (Å²) in [5.41, 5.74) is 0. The smallest absolute Gasteiger partial charge is 0.490 e. The minimum Gasteiger partial charge on any atom is -0.490 e. The second-order valence-corrected chi connectivity index (χ2v) is 12.0. The summed E-state index contributed by atoms with van der Waals surface area (Å²) in [7, 11) is -3.08. The second-order valence-electron chi connectivity index (χ2n) is 9.49. The van der Waals surface area contributed by atoms with E-state index in [9.17, 15) is 19.4 Å². The summed E-state index contributed by atoms with van der Waals surface area (Å²) in [6, 6.07) is 10.1. The highest BCUT2D eigenvalue weighted by atomic mass is 32.2. The third kappa shape index (κ3) is 14.5. The van der Waals surface area contributed by atoms with Crippen molar-refractivity contribution in [3.63, 3.8) is 0 Å². The van der Waals surface area contributed by atoms with Crippen LogP contribution in [0.2, 0.25) is 0 Å². The summed E-state index contributed by atoms with van der Waals surface area (Å²) in [6.07, 6.45) is 11.7. The molecule has 0 aliphatic rings. The molecule has 0 fully saturated rings. The van der Waals surface area contributed by atoms with Gasteiger partial charge < -0.3 is 19.3 Å². The molecule has 1 rings (SSSR count). The van der Waals surface area contributed by atoms with E-state index in [0.29, 0.717) is 12.5 Å². The Kier molecular flexibility index (Phi) is 19.0. The summed E-state index contributed by atoms with van der Waals surface area (Å²) >= 11 is 2.02. The quantitative estimate of drug-likeness (QED) is 0.0995. The Hall–Kier alpha value is -1.18. The number of ether oxygens (including phenoxy) is 3. The lowest BCUT2D eigenvalue weighted by atomic mass is 10.1. The highest BCUT2D eigenvalue weighted by Crippen LogP contribution is 2.38. The zero-order chi connectivity index (χ0) is 27.4. The number of para-hydroxylation sites is 1. The van der Waals surface area contributed by atoms with Crippen LogP contribution in [0.15, 0.2) is 30.3 Å². The molecule has 4 atom stereocenters. The van der Waals surface area contributed by atoms with Crippen molar-refractivity contribution in [1.29, 1.82) is 0 Å². The molecule has 2 N–H and O–H groups in total. The largest absolute Gasteiger partial charge is 0.556 e. The molecule has 0 amide bonds. The van der Waals surface area contributed by atoms with Gasteiger partial charge >= 0.3 is 19.3 Å². The van der Waals surface area contributed by atoms with Gasteiger partial charge in [0.2, 0.25) is 0 Å². The van der Waals surface area contributed by atoms with Crippen molar-refractivity contribution in [3.8, 4) is 5.75 Å². The van der Waals surface area contributed by atoms with Crippen molar-refractivity contribution < 1.29 is 33.6 Å². The number of benzene rings is 1. The summed E-state index contributed by atoms with van der Waals surface area (Å²) in [5.74, 6) is 1.82. The van der Waals surface area contributed by atoms with Gasteiger partial charge in [-0.05, 0) is 67.2 Å². The molecular formula is C28H48O7PS+. The van der Waals surface area contributed by atoms with Gasteiger partial charge in [-0.15, -0.1) is 0 Å². The lowest BCUT2D eigenvalue weighted by Crippen LogP contribution is -2.44. The Bertz CT molecular complexity index is 721. The molecular weight excluding hydrogens is 511 g/mol. The van der Waals surface area contributed by atoms with Crippen molar-refractivity contribution in [2.45, 2.75) is 109 Å². The first kappa shape index (κ1) is 33.8. The van der Waals surface area contributed by atoms with Crippen LogP contribution < -0.4 is 4.74 Å². The molecule has 7 nitrogen and oxygen atoms in total. The fourth-order valence-electron chi connectivity index (χ4n) is 3.90. The first-order valence-corrected chi connectivity index (χ1v) is 16.2. The van der Waals surface area contributed by atoms with Crippen LogP contribution >= 0.6 is 19.8 Å². The number of aliphatic carboxylic acids is 1. The van der Waals surface area contributed by atoms with E-state index in [0.717, 1.165) is 50.0 Å². The summed E-state index contributed by atoms with van der Waals surface area (Å²) < 4.78 is 28.7. The van der Waals surface area contributed by atoms with Crippen LogP contribution in [-0.4, -0.2) is 58.2 Å². The molecule has 0 spiro atoms. The lowest BCUT2D eigenvalue weighted by Gasteiger charge is -2.20. The van der Waals surface area contributed by atoms with E-state index in [1.807, 2.05) is 55.9 Å². The topological polar surface area (TPSA) is 102 Å². The van der Waals surface area contributed by atoms with Crippen molar-refractivity contribution >= 4 is 25.8 Å². The second kappa shape index (κ2) is 20.7. The molecule has 212 valence electrons. The van der Waals surface area contributed by atoms with E-state index < -0.39 is 25.9 Å². The third-order valence-electron chi connectivity index (χ3n) is 6.14. The number of hydrogen-bond donors (Lipinski definition) is 2. The first-order chi connectivity index (χ1) is 17.9. The van der Waals surface area contributed by atoms with Gasteiger partial charge in [0.25, 0.3) is 0 Å². The zero-order valence-corrected chi connectivity index (χ0v) is 24.7. The maximum absolute atomic E-state index is 11.7. The molecule has 1 aromatic rings. The number of hydrogen-bond acceptors (Lipinski definition) is 6. The standard InChI is InChI=1S/C28H47O7PS/c1-4-15-25(35-26-17-12-10-13-18-26)19-22-37-21-14-9-7-6-8-11-16-24(3)33-23-28(27(29)30,36(31)32)34-20-5-2/h10,12-13,17-18,24-25H,4-9,11,14-16,19-23H2,1-3H3,(H-,29,30,31,32)/p+1. The lowest BCUT2D eigenvalue weighted by molar-refractivity contribution is -0.163. The fourth-order valence-corrected chi connectivity index (χ4v) is 5.49. The predicted molar refractivity (Wildman–Crippen MR) is 152 cm³/mol. The Morgan fingerprint density at radius 2 is 1.65 bits per heavy atom. The van der Waals surface area contributed by atoms with Crippen molar-refractivity contribution in [3.05, 3.63) is 30.3 Å². The molecule has 9 heteroatoms. The summed E-state index contributed by atoms with van der Waals surface area (Å²) in [6.45, 7) is 5.54. The monoisotopic (exact) mass is 559 g/mol. The number of carboxylic acids is 1. The number of thioether (sulfide) groups is 1. The number of rotatable bonds is 24. The maximum Gasteiger partial charge on any atom is 0.556 e. The number of carbonyl (C=O) groups is 1. The van der Waals surface area contributed by atoms with Gasteiger partial charge in [-0.2, -0.15) is 16.7 Å². The van der Waals surface area contributed by atoms with Crippen molar-refractivity contribution in [2.24, 2.45) is 0 Å². The average molecular weight is 560 g/mol. The van der Waals surface area contributed by atoms with E-state index in [-0.39, 0.29) is 12.7 Å². The van der Waals surface area contributed by atoms with E-state index in [1.165, 1.54) is 31.4 Å². The molecule has 0 heterocycles. The van der Waals surface area contributed by atoms with Crippen molar-refractivity contribution in [2.75, 3.05) is 24.7 Å². The van der Waals surface area contributed by atoms with Gasteiger partial charge in [-0.1, -0.05) is 70.6 Å². The normalized spacial score (nSPS) is 15.1. The summed E-state index contributed by atoms with van der Waals surface area (Å²) in [4.78, 5) is 21.1. The molecule has 0 aliphatic carbocycles. The van der Waals surface area contributed by atoms with Crippen LogP contribution in [0.1, 0.15) is 91.4 Å². The fraction of sp³-hybridized carbons (Fsp3) is 0.750. The first-order valence-electron chi connectivity index (χ1n) is 13.8. The molecule has 0 bridgehead atoms. The van der Waals surface area contributed by atoms with Crippen LogP contribution in [0.3, 0.4) is 0 Å². The van der Waals surface area contributed by atoms with Gasteiger partial charge in [-0.3, -0.25) is 0 Å². The zero-order valence-electron chi connectivity index (χ0n) is 22.9. The van der Waals surface area contributed by atoms with Crippen LogP contribution in [0, 0.1) is 0 Å². The third-order valence-corrected chi connectivity index (χ3v) is 8.31. The Morgan fingerprint density at radius 3 is 2.27 bits per heavy atom. The minimum atomic E-state index is -3.08. The van der Waals surface area contributed by atoms with Gasteiger partial charge in [0.1, 0.15) is 12.4 Å². The molecule has 0 aromatic heterocycles. The van der Waals surface area contributed by atoms with Gasteiger partial charge in [0.15, 0.2) is 0 Å². The molecule has 37 heavy (non-hydrogen) atoms. The Balaban J connectivity index is 2.09. The van der Waals surface area contributed by atoms with Crippen LogP contribution in [-0.2, 0) is 18.8 Å². The van der Waals surface area contributed by atoms with E-state index in [4.69, 9.17) is 14.2 Å². The molecule has 0 aliphatic heterocycles. The number of unbranched alkanes of at least 4 members (excludes halogenated alkanes) is 5. The van der Waals surface area contributed by atoms with Crippen LogP contribution in [0.4, 0.5) is 0 Å². The maximum atomic E-state index is 11.7. The Morgan fingerprint density at radius 1 is 0.973 bits per heavy atom. The molecule has 4 unspecified atom stereocenters. The molecule has 0 saturated heterocycles. The average Bonchev–Trinajstić information content (AvgIpc) is 2.87. The predicted octanol–water partition coefficient (Wildman–Crippen LogP) is 7.44.